The van der Waals surface area contributed by atoms with Gasteiger partial charge in [0.1, 0.15) is 11.5 Å². The van der Waals surface area contributed by atoms with E-state index in [4.69, 9.17) is 4.74 Å². The molecule has 3 aromatic carbocycles. The Balaban J connectivity index is 1.45. The Hall–Kier alpha value is -3.58. The van der Waals surface area contributed by atoms with Gasteiger partial charge in [0.25, 0.3) is 5.56 Å². The molecule has 0 aliphatic heterocycles. The van der Waals surface area contributed by atoms with Crippen LogP contribution in [-0.4, -0.2) is 20.7 Å². The monoisotopic (exact) mass is 445 g/mol. The molecule has 0 spiro atoms. The number of ether oxygens (including phenoxy) is 1. The fraction of sp³-hybridized carbons (Fsp3) is 0.160. The Kier molecular flexibility index (Phi) is 6.56. The average molecular weight is 446 g/mol. The molecule has 0 saturated heterocycles. The molecule has 0 aliphatic rings. The van der Waals surface area contributed by atoms with E-state index in [2.05, 4.69) is 10.3 Å². The molecule has 32 heavy (non-hydrogen) atoms. The lowest BCUT2D eigenvalue weighted by Crippen LogP contribution is -2.26. The summed E-state index contributed by atoms with van der Waals surface area (Å²) in [5, 5.41) is 3.58. The summed E-state index contributed by atoms with van der Waals surface area (Å²) in [4.78, 5) is 30.2. The maximum absolute atomic E-state index is 12.8. The number of benzene rings is 3. The lowest BCUT2D eigenvalue weighted by molar-refractivity contribution is -0.115. The van der Waals surface area contributed by atoms with Crippen molar-refractivity contribution in [2.45, 2.75) is 30.8 Å². The SMILES string of the molecule is CCn1c(SC(C)C(=O)Nc2ccc(Oc3ccccc3)cc2)nc2ccccc2c1=O. The van der Waals surface area contributed by atoms with Gasteiger partial charge in [-0.15, -0.1) is 0 Å². The van der Waals surface area contributed by atoms with E-state index in [1.807, 2.05) is 55.5 Å². The number of hydrogen-bond acceptors (Lipinski definition) is 5. The van der Waals surface area contributed by atoms with Crippen LogP contribution in [0.2, 0.25) is 0 Å². The minimum absolute atomic E-state index is 0.0952. The number of aromatic nitrogens is 2. The zero-order chi connectivity index (χ0) is 22.5. The summed E-state index contributed by atoms with van der Waals surface area (Å²) in [6.45, 7) is 4.18. The topological polar surface area (TPSA) is 73.2 Å². The van der Waals surface area contributed by atoms with Gasteiger partial charge < -0.3 is 10.1 Å². The quantitative estimate of drug-likeness (QED) is 0.308. The molecule has 0 radical (unpaired) electrons. The van der Waals surface area contributed by atoms with E-state index in [1.165, 1.54) is 11.8 Å². The molecule has 1 N–H and O–H groups in total. The van der Waals surface area contributed by atoms with Crippen molar-refractivity contribution < 1.29 is 9.53 Å². The molecule has 162 valence electrons. The van der Waals surface area contributed by atoms with Crippen LogP contribution < -0.4 is 15.6 Å². The maximum atomic E-state index is 12.8. The molecule has 4 aromatic rings. The number of carbonyl (C=O) groups excluding carboxylic acids is 1. The Labute approximate surface area is 190 Å². The van der Waals surface area contributed by atoms with Crippen LogP contribution in [-0.2, 0) is 11.3 Å². The molecular weight excluding hydrogens is 422 g/mol. The highest BCUT2D eigenvalue weighted by Crippen LogP contribution is 2.25. The van der Waals surface area contributed by atoms with Crippen LogP contribution in [0.25, 0.3) is 10.9 Å². The zero-order valence-electron chi connectivity index (χ0n) is 17.8. The Morgan fingerprint density at radius 2 is 1.66 bits per heavy atom. The van der Waals surface area contributed by atoms with Crippen LogP contribution in [0.3, 0.4) is 0 Å². The number of hydrogen-bond donors (Lipinski definition) is 1. The van der Waals surface area contributed by atoms with Crippen molar-refractivity contribution in [1.82, 2.24) is 9.55 Å². The van der Waals surface area contributed by atoms with E-state index < -0.39 is 5.25 Å². The van der Waals surface area contributed by atoms with Crippen molar-refractivity contribution in [1.29, 1.82) is 0 Å². The van der Waals surface area contributed by atoms with Crippen molar-refractivity contribution in [3.8, 4) is 11.5 Å². The molecule has 1 aromatic heterocycles. The first kappa shape index (κ1) is 21.6. The number of carbonyl (C=O) groups is 1. The number of nitrogens with one attached hydrogen (secondary N) is 1. The summed E-state index contributed by atoms with van der Waals surface area (Å²) in [6, 6.07) is 24.0. The molecule has 7 heteroatoms. The third kappa shape index (κ3) is 4.84. The molecule has 1 atom stereocenters. The number of amides is 1. The third-order valence-corrected chi connectivity index (χ3v) is 5.99. The van der Waals surface area contributed by atoms with Gasteiger partial charge >= 0.3 is 0 Å². The summed E-state index contributed by atoms with van der Waals surface area (Å²) < 4.78 is 7.38. The van der Waals surface area contributed by atoms with E-state index >= 15 is 0 Å². The second kappa shape index (κ2) is 9.70. The van der Waals surface area contributed by atoms with Crippen LogP contribution in [0.1, 0.15) is 13.8 Å². The normalized spacial score (nSPS) is 11.8. The van der Waals surface area contributed by atoms with Gasteiger partial charge in [-0.05, 0) is 62.4 Å². The zero-order valence-corrected chi connectivity index (χ0v) is 18.6. The van der Waals surface area contributed by atoms with Crippen LogP contribution >= 0.6 is 11.8 Å². The molecule has 1 unspecified atom stereocenters. The predicted molar refractivity (Wildman–Crippen MR) is 129 cm³/mol. The number of para-hydroxylation sites is 2. The first-order valence-corrected chi connectivity index (χ1v) is 11.2. The number of nitrogens with zero attached hydrogens (tertiary/aromatic N) is 2. The number of fused-ring (bicyclic) bond motifs is 1. The largest absolute Gasteiger partial charge is 0.457 e. The molecule has 0 aliphatic carbocycles. The first-order chi connectivity index (χ1) is 15.5. The number of rotatable bonds is 7. The Bertz CT molecular complexity index is 1290. The van der Waals surface area contributed by atoms with Crippen molar-refractivity contribution >= 4 is 34.3 Å². The fourth-order valence-electron chi connectivity index (χ4n) is 3.20. The lowest BCUT2D eigenvalue weighted by atomic mass is 10.2. The first-order valence-electron chi connectivity index (χ1n) is 10.3. The molecule has 4 rings (SSSR count). The van der Waals surface area contributed by atoms with Crippen LogP contribution in [0.15, 0.2) is 88.8 Å². The third-order valence-electron chi connectivity index (χ3n) is 4.90. The minimum Gasteiger partial charge on any atom is -0.457 e. The summed E-state index contributed by atoms with van der Waals surface area (Å²) in [5.74, 6) is 1.26. The van der Waals surface area contributed by atoms with Gasteiger partial charge in [0.05, 0.1) is 16.2 Å². The van der Waals surface area contributed by atoms with Crippen molar-refractivity contribution in [2.75, 3.05) is 5.32 Å². The maximum Gasteiger partial charge on any atom is 0.262 e. The molecule has 6 nitrogen and oxygen atoms in total. The predicted octanol–water partition coefficient (Wildman–Crippen LogP) is 5.33. The highest BCUT2D eigenvalue weighted by atomic mass is 32.2. The van der Waals surface area contributed by atoms with Crippen LogP contribution in [0.5, 0.6) is 11.5 Å². The van der Waals surface area contributed by atoms with Gasteiger partial charge in [-0.1, -0.05) is 42.1 Å². The van der Waals surface area contributed by atoms with Crippen LogP contribution in [0.4, 0.5) is 5.69 Å². The van der Waals surface area contributed by atoms with Crippen LogP contribution in [0, 0.1) is 0 Å². The van der Waals surface area contributed by atoms with Crippen molar-refractivity contribution in [3.05, 3.63) is 89.2 Å². The Morgan fingerprint density at radius 1 is 1.00 bits per heavy atom. The minimum atomic E-state index is -0.443. The molecule has 0 saturated carbocycles. The highest BCUT2D eigenvalue weighted by Gasteiger charge is 2.19. The molecule has 0 bridgehead atoms. The summed E-state index contributed by atoms with van der Waals surface area (Å²) in [6.07, 6.45) is 0. The smallest absolute Gasteiger partial charge is 0.262 e. The van der Waals surface area contributed by atoms with Gasteiger partial charge in [-0.2, -0.15) is 0 Å². The number of thioether (sulfide) groups is 1. The number of anilines is 1. The lowest BCUT2D eigenvalue weighted by Gasteiger charge is -2.15. The van der Waals surface area contributed by atoms with E-state index in [0.717, 1.165) is 5.75 Å². The summed E-state index contributed by atoms with van der Waals surface area (Å²) >= 11 is 1.27. The van der Waals surface area contributed by atoms with E-state index in [-0.39, 0.29) is 11.5 Å². The van der Waals surface area contributed by atoms with Crippen molar-refractivity contribution in [2.24, 2.45) is 0 Å². The van der Waals surface area contributed by atoms with Gasteiger partial charge in [0, 0.05) is 12.2 Å². The fourth-order valence-corrected chi connectivity index (χ4v) is 4.18. The molecule has 0 fully saturated rings. The van der Waals surface area contributed by atoms with E-state index in [1.54, 1.807) is 41.8 Å². The molecular formula is C25H23N3O3S. The van der Waals surface area contributed by atoms with E-state index in [0.29, 0.717) is 34.0 Å². The van der Waals surface area contributed by atoms with Gasteiger partial charge in [-0.25, -0.2) is 4.98 Å². The average Bonchev–Trinajstić information content (AvgIpc) is 2.81. The van der Waals surface area contributed by atoms with Gasteiger partial charge in [0.15, 0.2) is 5.16 Å². The standard InChI is InChI=1S/C25H23N3O3S/c1-3-28-24(30)21-11-7-8-12-22(21)27-25(28)32-17(2)23(29)26-18-13-15-20(16-14-18)31-19-9-5-4-6-10-19/h4-17H,3H2,1-2H3,(H,26,29). The second-order valence-electron chi connectivity index (χ2n) is 7.15. The molecule has 1 amide bonds. The van der Waals surface area contributed by atoms with E-state index in [9.17, 15) is 9.59 Å². The molecule has 1 heterocycles. The summed E-state index contributed by atoms with van der Waals surface area (Å²) in [7, 11) is 0. The Morgan fingerprint density at radius 3 is 2.38 bits per heavy atom. The van der Waals surface area contributed by atoms with Crippen molar-refractivity contribution in [3.63, 3.8) is 0 Å². The highest BCUT2D eigenvalue weighted by molar-refractivity contribution is 8.00. The van der Waals surface area contributed by atoms with Gasteiger partial charge in [-0.3, -0.25) is 14.2 Å². The second-order valence-corrected chi connectivity index (χ2v) is 8.46. The summed E-state index contributed by atoms with van der Waals surface area (Å²) in [5.41, 5.74) is 1.20. The van der Waals surface area contributed by atoms with Gasteiger partial charge in [0.2, 0.25) is 5.91 Å².